The molecule has 1 N–H and O–H groups in total. The summed E-state index contributed by atoms with van der Waals surface area (Å²) in [5, 5.41) is 7.63. The monoisotopic (exact) mass is 341 g/mol. The summed E-state index contributed by atoms with van der Waals surface area (Å²) >= 11 is 0. The molecule has 2 aromatic rings. The Bertz CT molecular complexity index is 707. The van der Waals surface area contributed by atoms with Gasteiger partial charge in [0.25, 0.3) is 0 Å². The molecule has 1 aromatic carbocycles. The van der Waals surface area contributed by atoms with Crippen LogP contribution in [0.25, 0.3) is 0 Å². The number of hydrogen-bond acceptors (Lipinski definition) is 3. The highest BCUT2D eigenvalue weighted by Crippen LogP contribution is 2.28. The van der Waals surface area contributed by atoms with Crippen LogP contribution in [0.3, 0.4) is 0 Å². The van der Waals surface area contributed by atoms with Crippen LogP contribution in [0.1, 0.15) is 30.5 Å². The largest absolute Gasteiger partial charge is 0.497 e. The average molecular weight is 341 g/mol. The van der Waals surface area contributed by atoms with Gasteiger partial charge in [0.15, 0.2) is 5.96 Å². The molecule has 6 nitrogen and oxygen atoms in total. The molecule has 1 unspecified atom stereocenters. The first-order chi connectivity index (χ1) is 12.2. The Kier molecular flexibility index (Phi) is 5.58. The van der Waals surface area contributed by atoms with Crippen molar-refractivity contribution in [1.29, 1.82) is 0 Å². The van der Waals surface area contributed by atoms with E-state index in [4.69, 9.17) is 9.73 Å². The van der Waals surface area contributed by atoms with Crippen LogP contribution in [0.2, 0.25) is 0 Å². The summed E-state index contributed by atoms with van der Waals surface area (Å²) < 4.78 is 7.13. The van der Waals surface area contributed by atoms with E-state index < -0.39 is 0 Å². The van der Waals surface area contributed by atoms with Crippen molar-refractivity contribution in [2.75, 3.05) is 26.7 Å². The van der Waals surface area contributed by atoms with Crippen molar-refractivity contribution in [1.82, 2.24) is 20.0 Å². The van der Waals surface area contributed by atoms with Crippen molar-refractivity contribution in [2.24, 2.45) is 12.0 Å². The fraction of sp³-hybridized carbons (Fsp3) is 0.474. The third kappa shape index (κ3) is 4.13. The highest BCUT2D eigenvalue weighted by Gasteiger charge is 2.26. The molecule has 0 radical (unpaired) electrons. The molecular weight excluding hydrogens is 314 g/mol. The quantitative estimate of drug-likeness (QED) is 0.670. The fourth-order valence-corrected chi connectivity index (χ4v) is 3.24. The minimum Gasteiger partial charge on any atom is -0.497 e. The highest BCUT2D eigenvalue weighted by molar-refractivity contribution is 5.80. The maximum Gasteiger partial charge on any atom is 0.194 e. The molecule has 134 valence electrons. The van der Waals surface area contributed by atoms with Gasteiger partial charge in [0.1, 0.15) is 5.75 Å². The molecule has 0 saturated carbocycles. The van der Waals surface area contributed by atoms with E-state index in [-0.39, 0.29) is 0 Å². The Morgan fingerprint density at radius 3 is 2.76 bits per heavy atom. The standard InChI is InChI=1S/C19H27N5O/c1-4-20-19(21-13-17-9-11-22-23(17)2)24-12-10-16(14-24)15-5-7-18(25-3)8-6-15/h5-9,11,16H,4,10,12-14H2,1-3H3,(H,20,21). The Labute approximate surface area is 149 Å². The van der Waals surface area contributed by atoms with Crippen LogP contribution >= 0.6 is 0 Å². The second-order valence-electron chi connectivity index (χ2n) is 6.32. The van der Waals surface area contributed by atoms with Gasteiger partial charge in [0.2, 0.25) is 0 Å². The van der Waals surface area contributed by atoms with E-state index in [1.54, 1.807) is 7.11 Å². The highest BCUT2D eigenvalue weighted by atomic mass is 16.5. The van der Waals surface area contributed by atoms with Gasteiger partial charge in [-0.05, 0) is 37.1 Å². The number of ether oxygens (including phenoxy) is 1. The molecule has 1 atom stereocenters. The first kappa shape index (κ1) is 17.3. The molecule has 1 saturated heterocycles. The number of benzene rings is 1. The lowest BCUT2D eigenvalue weighted by Gasteiger charge is -2.22. The van der Waals surface area contributed by atoms with Gasteiger partial charge >= 0.3 is 0 Å². The number of nitrogens with one attached hydrogen (secondary N) is 1. The van der Waals surface area contributed by atoms with Gasteiger partial charge in [-0.2, -0.15) is 5.10 Å². The summed E-state index contributed by atoms with van der Waals surface area (Å²) in [5.41, 5.74) is 2.48. The molecular formula is C19H27N5O. The van der Waals surface area contributed by atoms with Crippen LogP contribution in [-0.2, 0) is 13.6 Å². The second-order valence-corrected chi connectivity index (χ2v) is 6.32. The lowest BCUT2D eigenvalue weighted by Crippen LogP contribution is -2.40. The Morgan fingerprint density at radius 2 is 2.12 bits per heavy atom. The number of aliphatic imine (C=N–C) groups is 1. The molecule has 3 rings (SSSR count). The Morgan fingerprint density at radius 1 is 1.32 bits per heavy atom. The van der Waals surface area contributed by atoms with Gasteiger partial charge in [0, 0.05) is 38.8 Å². The van der Waals surface area contributed by atoms with E-state index in [9.17, 15) is 0 Å². The predicted octanol–water partition coefficient (Wildman–Crippen LogP) is 2.38. The van der Waals surface area contributed by atoms with Crippen molar-refractivity contribution in [2.45, 2.75) is 25.8 Å². The topological polar surface area (TPSA) is 54.7 Å². The van der Waals surface area contributed by atoms with Crippen LogP contribution in [0.4, 0.5) is 0 Å². The van der Waals surface area contributed by atoms with E-state index in [0.717, 1.165) is 43.5 Å². The van der Waals surface area contributed by atoms with E-state index in [1.807, 2.05) is 36.1 Å². The normalized spacial score (nSPS) is 17.8. The second kappa shape index (κ2) is 8.05. The molecule has 1 aliphatic rings. The van der Waals surface area contributed by atoms with Crippen molar-refractivity contribution in [3.05, 3.63) is 47.8 Å². The number of aromatic nitrogens is 2. The summed E-state index contributed by atoms with van der Waals surface area (Å²) in [7, 11) is 3.65. The minimum absolute atomic E-state index is 0.534. The molecule has 0 bridgehead atoms. The lowest BCUT2D eigenvalue weighted by atomic mass is 9.98. The van der Waals surface area contributed by atoms with Crippen LogP contribution in [0, 0.1) is 0 Å². The van der Waals surface area contributed by atoms with Gasteiger partial charge in [0.05, 0.1) is 19.3 Å². The van der Waals surface area contributed by atoms with Crippen LogP contribution < -0.4 is 10.1 Å². The minimum atomic E-state index is 0.534. The molecule has 25 heavy (non-hydrogen) atoms. The third-order valence-corrected chi connectivity index (χ3v) is 4.72. The zero-order chi connectivity index (χ0) is 17.6. The van der Waals surface area contributed by atoms with Crippen LogP contribution in [0.15, 0.2) is 41.5 Å². The number of rotatable bonds is 5. The average Bonchev–Trinajstić information content (AvgIpc) is 3.28. The summed E-state index contributed by atoms with van der Waals surface area (Å²) in [6, 6.07) is 10.4. The molecule has 2 heterocycles. The van der Waals surface area contributed by atoms with Crippen molar-refractivity contribution in [3.63, 3.8) is 0 Å². The van der Waals surface area contributed by atoms with Gasteiger partial charge in [-0.3, -0.25) is 4.68 Å². The molecule has 0 aliphatic carbocycles. The van der Waals surface area contributed by atoms with E-state index >= 15 is 0 Å². The zero-order valence-electron chi connectivity index (χ0n) is 15.3. The number of likely N-dealkylation sites (tertiary alicyclic amines) is 1. The number of methoxy groups -OCH3 is 1. The van der Waals surface area contributed by atoms with Gasteiger partial charge in [-0.25, -0.2) is 4.99 Å². The van der Waals surface area contributed by atoms with Gasteiger partial charge < -0.3 is 15.0 Å². The van der Waals surface area contributed by atoms with Crippen LogP contribution in [0.5, 0.6) is 5.75 Å². The lowest BCUT2D eigenvalue weighted by molar-refractivity contribution is 0.414. The molecule has 6 heteroatoms. The smallest absolute Gasteiger partial charge is 0.194 e. The number of nitrogens with zero attached hydrogens (tertiary/aromatic N) is 4. The Balaban J connectivity index is 1.67. The number of guanidine groups is 1. The first-order valence-corrected chi connectivity index (χ1v) is 8.85. The summed E-state index contributed by atoms with van der Waals surface area (Å²) in [6.45, 7) is 5.63. The molecule has 0 spiro atoms. The van der Waals surface area contributed by atoms with Crippen molar-refractivity contribution < 1.29 is 4.74 Å². The maximum absolute atomic E-state index is 5.25. The van der Waals surface area contributed by atoms with E-state index in [0.29, 0.717) is 12.5 Å². The SMILES string of the molecule is CCNC(=NCc1ccnn1C)N1CCC(c2ccc(OC)cc2)C1. The fourth-order valence-electron chi connectivity index (χ4n) is 3.24. The maximum atomic E-state index is 5.25. The Hall–Kier alpha value is -2.50. The predicted molar refractivity (Wildman–Crippen MR) is 99.9 cm³/mol. The van der Waals surface area contributed by atoms with Crippen LogP contribution in [-0.4, -0.2) is 47.4 Å². The third-order valence-electron chi connectivity index (χ3n) is 4.72. The van der Waals surface area contributed by atoms with Crippen molar-refractivity contribution in [3.8, 4) is 5.75 Å². The number of aryl methyl sites for hydroxylation is 1. The zero-order valence-corrected chi connectivity index (χ0v) is 15.3. The number of hydrogen-bond donors (Lipinski definition) is 1. The molecule has 1 aromatic heterocycles. The van der Waals surface area contributed by atoms with E-state index in [2.05, 4.69) is 34.4 Å². The van der Waals surface area contributed by atoms with Crippen molar-refractivity contribution >= 4 is 5.96 Å². The van der Waals surface area contributed by atoms with Gasteiger partial charge in [-0.15, -0.1) is 0 Å². The summed E-state index contributed by atoms with van der Waals surface area (Å²) in [4.78, 5) is 7.16. The first-order valence-electron chi connectivity index (χ1n) is 8.85. The summed E-state index contributed by atoms with van der Waals surface area (Å²) in [5.74, 6) is 2.43. The molecule has 1 fully saturated rings. The molecule has 0 amide bonds. The van der Waals surface area contributed by atoms with E-state index in [1.165, 1.54) is 5.56 Å². The molecule has 1 aliphatic heterocycles. The summed E-state index contributed by atoms with van der Waals surface area (Å²) in [6.07, 6.45) is 2.95. The van der Waals surface area contributed by atoms with Gasteiger partial charge in [-0.1, -0.05) is 12.1 Å².